The average molecular weight is 301 g/mol. The second-order valence-electron chi connectivity index (χ2n) is 4.84. The molecule has 2 rings (SSSR count). The van der Waals surface area contributed by atoms with Crippen LogP contribution in [0.3, 0.4) is 0 Å². The molecule has 1 amide bonds. The molecule has 0 saturated heterocycles. The van der Waals surface area contributed by atoms with E-state index in [1.165, 1.54) is 0 Å². The lowest BCUT2D eigenvalue weighted by Crippen LogP contribution is -2.33. The predicted molar refractivity (Wildman–Crippen MR) is 90.2 cm³/mol. The summed E-state index contributed by atoms with van der Waals surface area (Å²) in [6, 6.07) is 9.60. The highest BCUT2D eigenvalue weighted by molar-refractivity contribution is 7.80. The highest BCUT2D eigenvalue weighted by atomic mass is 32.1. The van der Waals surface area contributed by atoms with Crippen molar-refractivity contribution in [2.45, 2.75) is 32.6 Å². The number of benzene rings is 1. The van der Waals surface area contributed by atoms with E-state index in [0.717, 1.165) is 35.9 Å². The van der Waals surface area contributed by atoms with E-state index in [4.69, 9.17) is 12.2 Å². The summed E-state index contributed by atoms with van der Waals surface area (Å²) in [5.41, 5.74) is 1.74. The summed E-state index contributed by atoms with van der Waals surface area (Å²) in [5, 5.41) is 7.08. The summed E-state index contributed by atoms with van der Waals surface area (Å²) >= 11 is 5.19. The highest BCUT2D eigenvalue weighted by Crippen LogP contribution is 2.21. The smallest absolute Gasteiger partial charge is 0.226 e. The maximum absolute atomic E-state index is 11.7. The first kappa shape index (κ1) is 15.4. The second-order valence-corrected chi connectivity index (χ2v) is 5.24. The van der Waals surface area contributed by atoms with E-state index >= 15 is 0 Å². The van der Waals surface area contributed by atoms with Gasteiger partial charge in [0.2, 0.25) is 5.91 Å². The molecule has 110 valence electrons. The average Bonchev–Trinajstić information content (AvgIpc) is 2.48. The van der Waals surface area contributed by atoms with E-state index in [0.29, 0.717) is 11.5 Å². The van der Waals surface area contributed by atoms with Crippen molar-refractivity contribution in [3.8, 4) is 0 Å². The molecule has 2 aromatic rings. The molecule has 5 heteroatoms. The van der Waals surface area contributed by atoms with E-state index in [9.17, 15) is 4.79 Å². The van der Waals surface area contributed by atoms with Crippen LogP contribution in [-0.2, 0) is 4.79 Å². The van der Waals surface area contributed by atoms with Crippen molar-refractivity contribution in [3.63, 3.8) is 0 Å². The van der Waals surface area contributed by atoms with Crippen molar-refractivity contribution >= 4 is 39.8 Å². The minimum absolute atomic E-state index is 0.0423. The first-order valence-electron chi connectivity index (χ1n) is 7.15. The van der Waals surface area contributed by atoms with Crippen molar-refractivity contribution in [2.24, 2.45) is 0 Å². The minimum atomic E-state index is -0.0423. The number of rotatable bonds is 5. The van der Waals surface area contributed by atoms with Crippen LogP contribution in [0.4, 0.5) is 5.69 Å². The van der Waals surface area contributed by atoms with Crippen LogP contribution in [0.25, 0.3) is 10.9 Å². The molecule has 2 N–H and O–H groups in total. The number of hydrogen-bond donors (Lipinski definition) is 2. The fraction of sp³-hybridized carbons (Fsp3) is 0.312. The van der Waals surface area contributed by atoms with Gasteiger partial charge in [0.1, 0.15) is 0 Å². The molecule has 1 aromatic carbocycles. The number of carbonyl (C=O) groups is 1. The zero-order valence-corrected chi connectivity index (χ0v) is 12.9. The van der Waals surface area contributed by atoms with Crippen molar-refractivity contribution in [1.82, 2.24) is 10.3 Å². The Labute approximate surface area is 130 Å². The number of thiocarbonyl (C=S) groups is 1. The van der Waals surface area contributed by atoms with E-state index < -0.39 is 0 Å². The maximum atomic E-state index is 11.7. The number of amides is 1. The number of unbranched alkanes of at least 4 members (excludes halogenated alkanes) is 2. The van der Waals surface area contributed by atoms with E-state index in [-0.39, 0.29) is 5.91 Å². The number of aromatic nitrogens is 1. The van der Waals surface area contributed by atoms with Crippen LogP contribution in [-0.4, -0.2) is 16.0 Å². The standard InChI is InChI=1S/C16H19N3OS/c1-2-3-4-10-15(20)19-16(21)18-14-9-5-8-13-12(14)7-6-11-17-13/h5-9,11H,2-4,10H2,1H3,(H2,18,19,20,21). The number of pyridine rings is 1. The molecule has 0 unspecified atom stereocenters. The number of nitrogens with zero attached hydrogens (tertiary/aromatic N) is 1. The van der Waals surface area contributed by atoms with Crippen LogP contribution in [0.15, 0.2) is 36.5 Å². The summed E-state index contributed by atoms with van der Waals surface area (Å²) < 4.78 is 0. The lowest BCUT2D eigenvalue weighted by Gasteiger charge is -2.11. The number of anilines is 1. The van der Waals surface area contributed by atoms with Gasteiger partial charge in [-0.15, -0.1) is 0 Å². The molecular formula is C16H19N3OS. The summed E-state index contributed by atoms with van der Waals surface area (Å²) in [7, 11) is 0. The number of carbonyl (C=O) groups excluding carboxylic acids is 1. The summed E-state index contributed by atoms with van der Waals surface area (Å²) in [6.45, 7) is 2.11. The molecule has 0 aliphatic rings. The first-order chi connectivity index (χ1) is 10.2. The van der Waals surface area contributed by atoms with Gasteiger partial charge in [-0.1, -0.05) is 25.8 Å². The summed E-state index contributed by atoms with van der Waals surface area (Å²) in [4.78, 5) is 16.0. The third-order valence-electron chi connectivity index (χ3n) is 3.15. The van der Waals surface area contributed by atoms with Crippen molar-refractivity contribution in [1.29, 1.82) is 0 Å². The molecule has 0 aliphatic carbocycles. The van der Waals surface area contributed by atoms with Crippen LogP contribution in [0, 0.1) is 0 Å². The van der Waals surface area contributed by atoms with Gasteiger partial charge >= 0.3 is 0 Å². The van der Waals surface area contributed by atoms with Gasteiger partial charge in [0, 0.05) is 23.7 Å². The van der Waals surface area contributed by atoms with Crippen LogP contribution >= 0.6 is 12.2 Å². The van der Waals surface area contributed by atoms with Crippen LogP contribution in [0.1, 0.15) is 32.6 Å². The summed E-state index contributed by atoms with van der Waals surface area (Å²) in [6.07, 6.45) is 5.30. The molecule has 0 atom stereocenters. The zero-order chi connectivity index (χ0) is 15.1. The Morgan fingerprint density at radius 3 is 2.90 bits per heavy atom. The Balaban J connectivity index is 1.97. The van der Waals surface area contributed by atoms with Gasteiger partial charge in [-0.05, 0) is 42.9 Å². The highest BCUT2D eigenvalue weighted by Gasteiger charge is 2.06. The molecule has 0 saturated carbocycles. The maximum Gasteiger partial charge on any atom is 0.226 e. The molecule has 21 heavy (non-hydrogen) atoms. The first-order valence-corrected chi connectivity index (χ1v) is 7.56. The van der Waals surface area contributed by atoms with Crippen molar-refractivity contribution in [2.75, 3.05) is 5.32 Å². The van der Waals surface area contributed by atoms with E-state index in [1.54, 1.807) is 6.20 Å². The Kier molecular flexibility index (Phi) is 5.63. The number of fused-ring (bicyclic) bond motifs is 1. The molecule has 0 spiro atoms. The predicted octanol–water partition coefficient (Wildman–Crippen LogP) is 3.63. The molecule has 1 heterocycles. The molecule has 0 fully saturated rings. The fourth-order valence-corrected chi connectivity index (χ4v) is 2.31. The normalized spacial score (nSPS) is 10.3. The monoisotopic (exact) mass is 301 g/mol. The van der Waals surface area contributed by atoms with Crippen molar-refractivity contribution < 1.29 is 4.79 Å². The zero-order valence-electron chi connectivity index (χ0n) is 12.1. The van der Waals surface area contributed by atoms with Gasteiger partial charge in [0.15, 0.2) is 5.11 Å². The van der Waals surface area contributed by atoms with Crippen LogP contribution < -0.4 is 10.6 Å². The molecule has 0 aliphatic heterocycles. The molecule has 0 radical (unpaired) electrons. The van der Waals surface area contributed by atoms with E-state index in [1.807, 2.05) is 30.3 Å². The van der Waals surface area contributed by atoms with Gasteiger partial charge in [0.05, 0.1) is 5.52 Å². The largest absolute Gasteiger partial charge is 0.332 e. The Morgan fingerprint density at radius 1 is 1.24 bits per heavy atom. The molecule has 0 bridgehead atoms. The van der Waals surface area contributed by atoms with Crippen LogP contribution in [0.2, 0.25) is 0 Å². The SMILES string of the molecule is CCCCCC(=O)NC(=S)Nc1cccc2ncccc12. The van der Waals surface area contributed by atoms with Gasteiger partial charge in [-0.3, -0.25) is 9.78 Å². The lowest BCUT2D eigenvalue weighted by molar-refractivity contribution is -0.119. The third-order valence-corrected chi connectivity index (χ3v) is 3.36. The quantitative estimate of drug-likeness (QED) is 0.654. The Hall–Kier alpha value is -2.01. The van der Waals surface area contributed by atoms with Gasteiger partial charge in [-0.2, -0.15) is 0 Å². The van der Waals surface area contributed by atoms with Gasteiger partial charge < -0.3 is 10.6 Å². The lowest BCUT2D eigenvalue weighted by atomic mass is 10.2. The number of hydrogen-bond acceptors (Lipinski definition) is 3. The molecular weight excluding hydrogens is 282 g/mol. The van der Waals surface area contributed by atoms with Crippen LogP contribution in [0.5, 0.6) is 0 Å². The van der Waals surface area contributed by atoms with E-state index in [2.05, 4.69) is 22.5 Å². The van der Waals surface area contributed by atoms with Crippen molar-refractivity contribution in [3.05, 3.63) is 36.5 Å². The minimum Gasteiger partial charge on any atom is -0.332 e. The molecule has 1 aromatic heterocycles. The fourth-order valence-electron chi connectivity index (χ4n) is 2.09. The van der Waals surface area contributed by atoms with Gasteiger partial charge in [-0.25, -0.2) is 0 Å². The Morgan fingerprint density at radius 2 is 2.10 bits per heavy atom. The topological polar surface area (TPSA) is 54.0 Å². The van der Waals surface area contributed by atoms with Gasteiger partial charge in [0.25, 0.3) is 0 Å². The Bertz CT molecular complexity index is 637. The number of nitrogens with one attached hydrogen (secondary N) is 2. The third kappa shape index (κ3) is 4.49. The summed E-state index contributed by atoms with van der Waals surface area (Å²) in [5.74, 6) is -0.0423. The second kappa shape index (κ2) is 7.69. The molecule has 4 nitrogen and oxygen atoms in total.